The molecule has 1 saturated heterocycles. The van der Waals surface area contributed by atoms with Crippen molar-refractivity contribution in [3.05, 3.63) is 18.1 Å². The summed E-state index contributed by atoms with van der Waals surface area (Å²) >= 11 is -0.999. The van der Waals surface area contributed by atoms with Gasteiger partial charge in [0.05, 0.1) is 31.4 Å². The van der Waals surface area contributed by atoms with Gasteiger partial charge in [0.2, 0.25) is 5.88 Å². The molecule has 1 aliphatic carbocycles. The van der Waals surface area contributed by atoms with Crippen molar-refractivity contribution in [2.24, 2.45) is 0 Å². The van der Waals surface area contributed by atoms with Crippen molar-refractivity contribution >= 4 is 11.4 Å². The van der Waals surface area contributed by atoms with Gasteiger partial charge in [-0.1, -0.05) is 0 Å². The van der Waals surface area contributed by atoms with Gasteiger partial charge in [-0.2, -0.15) is 0 Å². The lowest BCUT2D eigenvalue weighted by Gasteiger charge is -2.35. The standard InChI is InChI=1S/C21H36N4O3S/c1-4-27-21-20(23-12-13-24-21)16-7-9-17(10-8-16)28-14-19-18(6-5-11-22-19)25-29(26)15(2)3/h12-13,15-19,22,25H,4-11,14H2,1-3H3/t16-,17+,18?,19?,29?. The van der Waals surface area contributed by atoms with Crippen LogP contribution in [0.4, 0.5) is 0 Å². The predicted molar refractivity (Wildman–Crippen MR) is 115 cm³/mol. The molecule has 0 radical (unpaired) electrons. The molecule has 2 heterocycles. The number of nitrogens with one attached hydrogen (secondary N) is 2. The van der Waals surface area contributed by atoms with Crippen molar-refractivity contribution in [2.45, 2.75) is 88.7 Å². The molecule has 1 saturated carbocycles. The highest BCUT2D eigenvalue weighted by Gasteiger charge is 2.32. The Kier molecular flexibility index (Phi) is 8.99. The second-order valence-corrected chi connectivity index (χ2v) is 10.0. The van der Waals surface area contributed by atoms with Crippen LogP contribution >= 0.6 is 0 Å². The molecule has 3 atom stereocenters. The number of hydrogen-bond donors (Lipinski definition) is 2. The van der Waals surface area contributed by atoms with Crippen LogP contribution in [-0.2, 0) is 16.1 Å². The summed E-state index contributed by atoms with van der Waals surface area (Å²) in [6.45, 7) is 8.21. The first-order valence-electron chi connectivity index (χ1n) is 11.0. The van der Waals surface area contributed by atoms with Gasteiger partial charge in [0.15, 0.2) is 0 Å². The minimum Gasteiger partial charge on any atom is -0.598 e. The summed E-state index contributed by atoms with van der Waals surface area (Å²) in [7, 11) is 0. The Labute approximate surface area is 178 Å². The molecule has 1 aromatic heterocycles. The molecule has 2 aliphatic rings. The third-order valence-corrected chi connectivity index (χ3v) is 7.22. The Bertz CT molecular complexity index is 613. The SMILES string of the molecule is CCOc1nccnc1[C@H]1CC[C@@H](OCC2NCCCC2N[S+]([O-])C(C)C)CC1. The molecule has 1 aromatic rings. The van der Waals surface area contributed by atoms with Crippen LogP contribution in [0.25, 0.3) is 0 Å². The molecular formula is C21H36N4O3S. The zero-order valence-electron chi connectivity index (χ0n) is 17.9. The highest BCUT2D eigenvalue weighted by molar-refractivity contribution is 7.90. The minimum atomic E-state index is -0.999. The van der Waals surface area contributed by atoms with Crippen LogP contribution in [0.3, 0.4) is 0 Å². The highest BCUT2D eigenvalue weighted by atomic mass is 32.2. The van der Waals surface area contributed by atoms with Crippen molar-refractivity contribution < 1.29 is 14.0 Å². The van der Waals surface area contributed by atoms with Crippen LogP contribution in [0.1, 0.15) is 70.9 Å². The molecule has 3 unspecified atom stereocenters. The van der Waals surface area contributed by atoms with Gasteiger partial charge in [-0.15, -0.1) is 4.72 Å². The van der Waals surface area contributed by atoms with Crippen LogP contribution in [0.15, 0.2) is 12.4 Å². The first-order chi connectivity index (χ1) is 14.1. The fourth-order valence-corrected chi connectivity index (χ4v) is 5.01. The molecular weight excluding hydrogens is 388 g/mol. The number of ether oxygens (including phenoxy) is 2. The molecule has 29 heavy (non-hydrogen) atoms. The fourth-order valence-electron chi connectivity index (χ4n) is 4.16. The van der Waals surface area contributed by atoms with E-state index in [0.29, 0.717) is 25.0 Å². The molecule has 7 nitrogen and oxygen atoms in total. The molecule has 0 amide bonds. The van der Waals surface area contributed by atoms with Gasteiger partial charge in [0.25, 0.3) is 0 Å². The zero-order chi connectivity index (χ0) is 20.6. The largest absolute Gasteiger partial charge is 0.598 e. The normalized spacial score (nSPS) is 29.0. The maximum Gasteiger partial charge on any atom is 0.235 e. The monoisotopic (exact) mass is 424 g/mol. The Morgan fingerprint density at radius 3 is 2.69 bits per heavy atom. The van der Waals surface area contributed by atoms with Crippen LogP contribution in [0.5, 0.6) is 5.88 Å². The zero-order valence-corrected chi connectivity index (χ0v) is 18.7. The summed E-state index contributed by atoms with van der Waals surface area (Å²) in [6.07, 6.45) is 10.00. The van der Waals surface area contributed by atoms with E-state index in [-0.39, 0.29) is 23.4 Å². The lowest BCUT2D eigenvalue weighted by Crippen LogP contribution is -2.56. The lowest BCUT2D eigenvalue weighted by atomic mass is 9.85. The van der Waals surface area contributed by atoms with E-state index in [4.69, 9.17) is 9.47 Å². The summed E-state index contributed by atoms with van der Waals surface area (Å²) in [5.74, 6) is 1.07. The highest BCUT2D eigenvalue weighted by Crippen LogP contribution is 2.36. The molecule has 0 bridgehead atoms. The average molecular weight is 425 g/mol. The van der Waals surface area contributed by atoms with E-state index in [0.717, 1.165) is 50.8 Å². The van der Waals surface area contributed by atoms with E-state index < -0.39 is 11.4 Å². The Morgan fingerprint density at radius 2 is 1.97 bits per heavy atom. The van der Waals surface area contributed by atoms with Gasteiger partial charge in [-0.25, -0.2) is 4.98 Å². The molecule has 2 N–H and O–H groups in total. The quantitative estimate of drug-likeness (QED) is 0.589. The van der Waals surface area contributed by atoms with Gasteiger partial charge in [0.1, 0.15) is 10.9 Å². The van der Waals surface area contributed by atoms with Gasteiger partial charge in [-0.3, -0.25) is 4.98 Å². The van der Waals surface area contributed by atoms with Crippen molar-refractivity contribution in [1.82, 2.24) is 20.0 Å². The first kappa shape index (κ1) is 22.7. The van der Waals surface area contributed by atoms with E-state index >= 15 is 0 Å². The Balaban J connectivity index is 1.47. The second kappa shape index (κ2) is 11.5. The van der Waals surface area contributed by atoms with Crippen molar-refractivity contribution in [1.29, 1.82) is 0 Å². The molecule has 3 rings (SSSR count). The van der Waals surface area contributed by atoms with Gasteiger partial charge >= 0.3 is 0 Å². The van der Waals surface area contributed by atoms with Gasteiger partial charge < -0.3 is 19.3 Å². The lowest BCUT2D eigenvalue weighted by molar-refractivity contribution is 0.00483. The van der Waals surface area contributed by atoms with Crippen LogP contribution in [0, 0.1) is 0 Å². The smallest absolute Gasteiger partial charge is 0.235 e. The molecule has 164 valence electrons. The summed E-state index contributed by atoms with van der Waals surface area (Å²) in [6, 6.07) is 0.422. The van der Waals surface area contributed by atoms with Crippen molar-refractivity contribution in [3.8, 4) is 5.88 Å². The summed E-state index contributed by atoms with van der Waals surface area (Å²) < 4.78 is 27.5. The molecule has 8 heteroatoms. The van der Waals surface area contributed by atoms with Gasteiger partial charge in [0, 0.05) is 29.7 Å². The number of aromatic nitrogens is 2. The van der Waals surface area contributed by atoms with Gasteiger partial charge in [-0.05, 0) is 65.8 Å². The third kappa shape index (κ3) is 6.52. The Hall–Kier alpha value is -0.930. The maximum atomic E-state index is 12.2. The van der Waals surface area contributed by atoms with E-state index in [1.807, 2.05) is 20.8 Å². The summed E-state index contributed by atoms with van der Waals surface area (Å²) in [5.41, 5.74) is 0.988. The fraction of sp³-hybridized carbons (Fsp3) is 0.810. The minimum absolute atomic E-state index is 0.122. The number of nitrogens with zero attached hydrogens (tertiary/aromatic N) is 2. The first-order valence-corrected chi connectivity index (χ1v) is 12.2. The predicted octanol–water partition coefficient (Wildman–Crippen LogP) is 2.70. The molecule has 1 aliphatic heterocycles. The summed E-state index contributed by atoms with van der Waals surface area (Å²) in [4.78, 5) is 8.89. The van der Waals surface area contributed by atoms with Crippen LogP contribution < -0.4 is 14.8 Å². The Morgan fingerprint density at radius 1 is 1.21 bits per heavy atom. The molecule has 2 fully saturated rings. The van der Waals surface area contributed by atoms with Crippen molar-refractivity contribution in [3.63, 3.8) is 0 Å². The number of hydrogen-bond acceptors (Lipinski definition) is 7. The van der Waals surface area contributed by atoms with Crippen molar-refractivity contribution in [2.75, 3.05) is 19.8 Å². The average Bonchev–Trinajstić information content (AvgIpc) is 2.74. The van der Waals surface area contributed by atoms with E-state index in [9.17, 15) is 4.55 Å². The molecule has 0 aromatic carbocycles. The second-order valence-electron chi connectivity index (χ2n) is 8.26. The third-order valence-electron chi connectivity index (χ3n) is 5.82. The number of rotatable bonds is 9. The maximum absolute atomic E-state index is 12.2. The number of piperidine rings is 1. The van der Waals surface area contributed by atoms with Crippen LogP contribution in [-0.4, -0.2) is 57.7 Å². The van der Waals surface area contributed by atoms with E-state index in [1.165, 1.54) is 0 Å². The molecule has 0 spiro atoms. The van der Waals surface area contributed by atoms with E-state index in [1.54, 1.807) is 12.4 Å². The van der Waals surface area contributed by atoms with Crippen LogP contribution in [0.2, 0.25) is 0 Å². The van der Waals surface area contributed by atoms with E-state index in [2.05, 4.69) is 20.0 Å². The summed E-state index contributed by atoms with van der Waals surface area (Å²) in [5, 5.41) is 3.67. The topological polar surface area (TPSA) is 91.4 Å².